The molecule has 1 aromatic heterocycles. The van der Waals surface area contributed by atoms with Gasteiger partial charge in [0.2, 0.25) is 0 Å². The molecule has 2 aromatic carbocycles. The number of carbonyl (C=O) groups is 2. The molecule has 1 saturated heterocycles. The maximum absolute atomic E-state index is 13.3. The second-order valence-electron chi connectivity index (χ2n) is 8.55. The van der Waals surface area contributed by atoms with Crippen molar-refractivity contribution in [2.24, 2.45) is 0 Å². The summed E-state index contributed by atoms with van der Waals surface area (Å²) in [6.45, 7) is 1.87. The van der Waals surface area contributed by atoms with Gasteiger partial charge in [0.1, 0.15) is 11.8 Å². The molecule has 6 heteroatoms. The van der Waals surface area contributed by atoms with Gasteiger partial charge in [-0.2, -0.15) is 0 Å². The molecule has 1 aliphatic carbocycles. The second-order valence-corrected chi connectivity index (χ2v) is 8.95. The monoisotopic (exact) mass is 458 g/mol. The minimum atomic E-state index is -0.860. The molecular formula is C27H23ClN2O3. The van der Waals surface area contributed by atoms with Crippen molar-refractivity contribution in [3.05, 3.63) is 99.3 Å². The van der Waals surface area contributed by atoms with Gasteiger partial charge in [0, 0.05) is 22.5 Å². The minimum absolute atomic E-state index is 0.0335. The van der Waals surface area contributed by atoms with Gasteiger partial charge >= 0.3 is 0 Å². The molecule has 33 heavy (non-hydrogen) atoms. The number of hydrogen-bond acceptors (Lipinski definition) is 4. The topological polar surface area (TPSA) is 70.5 Å². The van der Waals surface area contributed by atoms with Crippen molar-refractivity contribution in [3.63, 3.8) is 0 Å². The highest BCUT2D eigenvalue weighted by atomic mass is 35.5. The first kappa shape index (κ1) is 21.4. The first-order chi connectivity index (χ1) is 16.0. The van der Waals surface area contributed by atoms with Crippen molar-refractivity contribution < 1.29 is 14.7 Å². The first-order valence-corrected chi connectivity index (χ1v) is 11.4. The van der Waals surface area contributed by atoms with Crippen LogP contribution in [0.5, 0.6) is 0 Å². The number of halogens is 1. The Morgan fingerprint density at radius 3 is 2.55 bits per heavy atom. The van der Waals surface area contributed by atoms with E-state index in [4.69, 9.17) is 11.6 Å². The largest absolute Gasteiger partial charge is 0.507 e. The molecule has 0 radical (unpaired) electrons. The van der Waals surface area contributed by atoms with Gasteiger partial charge in [-0.25, -0.2) is 0 Å². The van der Waals surface area contributed by atoms with Gasteiger partial charge in [0.15, 0.2) is 0 Å². The van der Waals surface area contributed by atoms with Gasteiger partial charge in [-0.1, -0.05) is 35.9 Å². The Hall–Kier alpha value is -3.44. The van der Waals surface area contributed by atoms with Gasteiger partial charge in [-0.3, -0.25) is 19.5 Å². The Morgan fingerprint density at radius 2 is 1.82 bits per heavy atom. The van der Waals surface area contributed by atoms with E-state index in [0.29, 0.717) is 22.0 Å². The Kier molecular flexibility index (Phi) is 5.51. The van der Waals surface area contributed by atoms with Crippen LogP contribution >= 0.6 is 11.6 Å². The predicted molar refractivity (Wildman–Crippen MR) is 128 cm³/mol. The number of pyridine rings is 1. The van der Waals surface area contributed by atoms with E-state index in [-0.39, 0.29) is 11.3 Å². The van der Waals surface area contributed by atoms with Crippen LogP contribution in [0.15, 0.2) is 66.4 Å². The standard InChI is InChI=1S/C27H23ClN2O3/c1-16-9-12-20(15-21(16)28)30-24(22-8-4-5-13-29-22)23(26(32)27(30)33)25(31)19-11-10-17-6-2-3-7-18(17)14-19/h4-5,8-15,24,31H,2-3,6-7H2,1H3/b25-23-. The van der Waals surface area contributed by atoms with Crippen LogP contribution in [0.25, 0.3) is 5.76 Å². The van der Waals surface area contributed by atoms with Crippen molar-refractivity contribution in [3.8, 4) is 0 Å². The number of anilines is 1. The summed E-state index contributed by atoms with van der Waals surface area (Å²) in [7, 11) is 0. The van der Waals surface area contributed by atoms with Gasteiger partial charge in [-0.15, -0.1) is 0 Å². The van der Waals surface area contributed by atoms with Crippen LogP contribution in [0, 0.1) is 6.92 Å². The number of hydrogen-bond donors (Lipinski definition) is 1. The van der Waals surface area contributed by atoms with E-state index in [1.165, 1.54) is 16.0 Å². The van der Waals surface area contributed by atoms with E-state index in [1.54, 1.807) is 42.6 Å². The molecule has 5 rings (SSSR count). The van der Waals surface area contributed by atoms with Gasteiger partial charge in [0.05, 0.1) is 11.3 Å². The first-order valence-electron chi connectivity index (χ1n) is 11.1. The Bertz CT molecular complexity index is 1300. The average Bonchev–Trinajstić information content (AvgIpc) is 3.11. The summed E-state index contributed by atoms with van der Waals surface area (Å²) in [5.41, 5.74) is 4.86. The van der Waals surface area contributed by atoms with Crippen molar-refractivity contribution >= 4 is 34.7 Å². The van der Waals surface area contributed by atoms with E-state index < -0.39 is 17.7 Å². The molecule has 1 amide bonds. The molecule has 1 fully saturated rings. The van der Waals surface area contributed by atoms with Gasteiger partial charge in [-0.05, 0) is 79.6 Å². The Morgan fingerprint density at radius 1 is 1.03 bits per heavy atom. The number of aromatic nitrogens is 1. The molecule has 2 heterocycles. The lowest BCUT2D eigenvalue weighted by atomic mass is 9.89. The number of amides is 1. The number of rotatable bonds is 3. The van der Waals surface area contributed by atoms with Crippen LogP contribution in [0.2, 0.25) is 5.02 Å². The van der Waals surface area contributed by atoms with Crippen LogP contribution in [0.1, 0.15) is 46.8 Å². The summed E-state index contributed by atoms with van der Waals surface area (Å²) < 4.78 is 0. The zero-order chi connectivity index (χ0) is 23.1. The summed E-state index contributed by atoms with van der Waals surface area (Å²) in [5.74, 6) is -1.64. The van der Waals surface area contributed by atoms with Crippen molar-refractivity contribution in [2.45, 2.75) is 38.6 Å². The highest BCUT2D eigenvalue weighted by molar-refractivity contribution is 6.51. The maximum atomic E-state index is 13.3. The molecule has 2 aliphatic rings. The molecule has 1 N–H and O–H groups in total. The number of fused-ring (bicyclic) bond motifs is 1. The lowest BCUT2D eigenvalue weighted by Crippen LogP contribution is -2.29. The number of Topliss-reactive ketones (excluding diaryl/α,β-unsaturated/α-hetero) is 1. The summed E-state index contributed by atoms with van der Waals surface area (Å²) in [5, 5.41) is 11.8. The fourth-order valence-corrected chi connectivity index (χ4v) is 4.86. The molecule has 166 valence electrons. The zero-order valence-corrected chi connectivity index (χ0v) is 19.0. The summed E-state index contributed by atoms with van der Waals surface area (Å²) >= 11 is 6.33. The quantitative estimate of drug-likeness (QED) is 0.317. The molecule has 0 saturated carbocycles. The Balaban J connectivity index is 1.69. The smallest absolute Gasteiger partial charge is 0.300 e. The number of nitrogens with zero attached hydrogens (tertiary/aromatic N) is 2. The van der Waals surface area contributed by atoms with Crippen molar-refractivity contribution in [2.75, 3.05) is 4.90 Å². The van der Waals surface area contributed by atoms with E-state index >= 15 is 0 Å². The number of aliphatic hydroxyl groups excluding tert-OH is 1. The van der Waals surface area contributed by atoms with E-state index in [1.807, 2.05) is 25.1 Å². The number of ketones is 1. The van der Waals surface area contributed by atoms with Crippen molar-refractivity contribution in [1.29, 1.82) is 0 Å². The predicted octanol–water partition coefficient (Wildman–Crippen LogP) is 5.55. The van der Waals surface area contributed by atoms with Crippen molar-refractivity contribution in [1.82, 2.24) is 4.98 Å². The third-order valence-corrected chi connectivity index (χ3v) is 6.88. The third-order valence-electron chi connectivity index (χ3n) is 6.47. The second kappa shape index (κ2) is 8.49. The van der Waals surface area contributed by atoms with Crippen LogP contribution in [0.3, 0.4) is 0 Å². The molecule has 0 spiro atoms. The van der Waals surface area contributed by atoms with E-state index in [0.717, 1.165) is 31.2 Å². The molecule has 1 aliphatic heterocycles. The number of aryl methyl sites for hydroxylation is 3. The summed E-state index contributed by atoms with van der Waals surface area (Å²) in [6.07, 6.45) is 5.82. The fourth-order valence-electron chi connectivity index (χ4n) is 4.68. The molecule has 1 atom stereocenters. The minimum Gasteiger partial charge on any atom is -0.507 e. The summed E-state index contributed by atoms with van der Waals surface area (Å²) in [4.78, 5) is 32.3. The fraction of sp³-hybridized carbons (Fsp3) is 0.222. The number of benzene rings is 2. The average molecular weight is 459 g/mol. The van der Waals surface area contributed by atoms with Gasteiger partial charge < -0.3 is 5.11 Å². The molecule has 3 aromatic rings. The van der Waals surface area contributed by atoms with Crippen LogP contribution < -0.4 is 4.90 Å². The number of carbonyl (C=O) groups excluding carboxylic acids is 2. The SMILES string of the molecule is Cc1ccc(N2C(=O)C(=O)/C(=C(\O)c3ccc4c(c3)CCCC4)C2c2ccccn2)cc1Cl. The normalized spacial score (nSPS) is 19.6. The van der Waals surface area contributed by atoms with Gasteiger partial charge in [0.25, 0.3) is 11.7 Å². The molecular weight excluding hydrogens is 436 g/mol. The third kappa shape index (κ3) is 3.72. The molecule has 5 nitrogen and oxygen atoms in total. The van der Waals surface area contributed by atoms with Crippen LogP contribution in [-0.2, 0) is 22.4 Å². The highest BCUT2D eigenvalue weighted by Crippen LogP contribution is 2.42. The molecule has 1 unspecified atom stereocenters. The number of aliphatic hydroxyl groups is 1. The van der Waals surface area contributed by atoms with Crippen LogP contribution in [0.4, 0.5) is 5.69 Å². The maximum Gasteiger partial charge on any atom is 0.300 e. The Labute approximate surface area is 197 Å². The highest BCUT2D eigenvalue weighted by Gasteiger charge is 2.47. The lowest BCUT2D eigenvalue weighted by molar-refractivity contribution is -0.132. The molecule has 0 bridgehead atoms. The summed E-state index contributed by atoms with van der Waals surface area (Å²) in [6, 6.07) is 15.4. The van der Waals surface area contributed by atoms with E-state index in [2.05, 4.69) is 4.98 Å². The van der Waals surface area contributed by atoms with E-state index in [9.17, 15) is 14.7 Å². The van der Waals surface area contributed by atoms with Crippen LogP contribution in [-0.4, -0.2) is 21.8 Å². The zero-order valence-electron chi connectivity index (χ0n) is 18.2. The lowest BCUT2D eigenvalue weighted by Gasteiger charge is -2.25.